The van der Waals surface area contributed by atoms with Gasteiger partial charge in [0.25, 0.3) is 0 Å². The molecule has 4 heteroatoms. The Balaban J connectivity index is 2.10. The molecule has 1 aliphatic rings. The number of halogens is 2. The second-order valence-electron chi connectivity index (χ2n) is 6.03. The summed E-state index contributed by atoms with van der Waals surface area (Å²) >= 11 is 0. The highest BCUT2D eigenvalue weighted by atomic mass is 19.2. The molecule has 21 heavy (non-hydrogen) atoms. The molecule has 0 amide bonds. The molecule has 0 aliphatic carbocycles. The number of hydrogen-bond acceptors (Lipinski definition) is 2. The van der Waals surface area contributed by atoms with Gasteiger partial charge in [-0.05, 0) is 57.8 Å². The Kier molecular flexibility index (Phi) is 6.12. The van der Waals surface area contributed by atoms with Gasteiger partial charge in [-0.1, -0.05) is 19.1 Å². The first-order chi connectivity index (χ1) is 10.1. The highest BCUT2D eigenvalue weighted by Gasteiger charge is 2.23. The van der Waals surface area contributed by atoms with Crippen molar-refractivity contribution in [1.29, 1.82) is 0 Å². The van der Waals surface area contributed by atoms with Gasteiger partial charge in [-0.15, -0.1) is 0 Å². The van der Waals surface area contributed by atoms with E-state index in [-0.39, 0.29) is 6.04 Å². The third-order valence-corrected chi connectivity index (χ3v) is 4.38. The quantitative estimate of drug-likeness (QED) is 0.860. The van der Waals surface area contributed by atoms with Crippen LogP contribution in [0, 0.1) is 17.6 Å². The van der Waals surface area contributed by atoms with Gasteiger partial charge >= 0.3 is 0 Å². The summed E-state index contributed by atoms with van der Waals surface area (Å²) in [6.07, 6.45) is 3.43. The summed E-state index contributed by atoms with van der Waals surface area (Å²) in [4.78, 5) is 2.29. The summed E-state index contributed by atoms with van der Waals surface area (Å²) in [7, 11) is 0. The lowest BCUT2D eigenvalue weighted by Crippen LogP contribution is -2.39. The van der Waals surface area contributed by atoms with Gasteiger partial charge in [-0.25, -0.2) is 8.78 Å². The molecule has 1 N–H and O–H groups in total. The number of nitrogens with zero attached hydrogens (tertiary/aromatic N) is 1. The Labute approximate surface area is 126 Å². The normalized spacial score (nSPS) is 20.7. The van der Waals surface area contributed by atoms with Gasteiger partial charge in [0.1, 0.15) is 0 Å². The Hall–Kier alpha value is -1.00. The van der Waals surface area contributed by atoms with Crippen molar-refractivity contribution in [2.45, 2.75) is 39.2 Å². The third-order valence-electron chi connectivity index (χ3n) is 4.38. The fourth-order valence-electron chi connectivity index (χ4n) is 3.18. The van der Waals surface area contributed by atoms with Crippen molar-refractivity contribution in [2.24, 2.45) is 5.92 Å². The predicted octanol–water partition coefficient (Wildman–Crippen LogP) is 3.74. The van der Waals surface area contributed by atoms with Gasteiger partial charge in [0, 0.05) is 18.2 Å². The number of hydrogen-bond donors (Lipinski definition) is 1. The van der Waals surface area contributed by atoms with E-state index in [0.29, 0.717) is 11.5 Å². The maximum Gasteiger partial charge on any atom is 0.163 e. The first-order valence-corrected chi connectivity index (χ1v) is 8.02. The van der Waals surface area contributed by atoms with E-state index in [1.165, 1.54) is 18.9 Å². The largest absolute Gasteiger partial charge is 0.316 e. The predicted molar refractivity (Wildman–Crippen MR) is 82.2 cm³/mol. The Morgan fingerprint density at radius 1 is 1.38 bits per heavy atom. The van der Waals surface area contributed by atoms with Crippen LogP contribution in [0.15, 0.2) is 18.2 Å². The molecule has 2 unspecified atom stereocenters. The topological polar surface area (TPSA) is 15.3 Å². The first-order valence-electron chi connectivity index (χ1n) is 8.02. The van der Waals surface area contributed by atoms with E-state index < -0.39 is 11.6 Å². The van der Waals surface area contributed by atoms with Crippen molar-refractivity contribution in [1.82, 2.24) is 10.2 Å². The molecule has 0 saturated carbocycles. The van der Waals surface area contributed by atoms with E-state index in [9.17, 15) is 8.78 Å². The van der Waals surface area contributed by atoms with Gasteiger partial charge < -0.3 is 5.32 Å². The molecule has 0 spiro atoms. The average Bonchev–Trinajstić information content (AvgIpc) is 2.50. The standard InChI is InChI=1S/C17H26F2N2/c1-3-10-21(12-14-6-5-9-20-11-14)13(2)15-7-4-8-16(18)17(15)19/h4,7-8,13-14,20H,3,5-6,9-12H2,1-2H3. The summed E-state index contributed by atoms with van der Waals surface area (Å²) in [6.45, 7) is 8.08. The Morgan fingerprint density at radius 3 is 2.86 bits per heavy atom. The SMILES string of the molecule is CCCN(CC1CCCNC1)C(C)c1cccc(F)c1F. The summed E-state index contributed by atoms with van der Waals surface area (Å²) < 4.78 is 27.5. The van der Waals surface area contributed by atoms with E-state index in [2.05, 4.69) is 17.1 Å². The molecule has 2 nitrogen and oxygen atoms in total. The van der Waals surface area contributed by atoms with Gasteiger partial charge in [0.15, 0.2) is 11.6 Å². The van der Waals surface area contributed by atoms with Crippen LogP contribution in [-0.2, 0) is 0 Å². The lowest BCUT2D eigenvalue weighted by atomic mass is 9.97. The molecule has 1 saturated heterocycles. The second kappa shape index (κ2) is 7.85. The zero-order valence-electron chi connectivity index (χ0n) is 13.0. The summed E-state index contributed by atoms with van der Waals surface area (Å²) in [5, 5.41) is 3.42. The first kappa shape index (κ1) is 16.4. The highest BCUT2D eigenvalue weighted by Crippen LogP contribution is 2.26. The monoisotopic (exact) mass is 296 g/mol. The maximum atomic E-state index is 14.0. The van der Waals surface area contributed by atoms with Crippen LogP contribution in [0.25, 0.3) is 0 Å². The van der Waals surface area contributed by atoms with E-state index in [0.717, 1.165) is 32.6 Å². The van der Waals surface area contributed by atoms with E-state index in [1.54, 1.807) is 12.1 Å². The number of rotatable bonds is 6. The van der Waals surface area contributed by atoms with Crippen molar-refractivity contribution < 1.29 is 8.78 Å². The van der Waals surface area contributed by atoms with Gasteiger partial charge in [0.2, 0.25) is 0 Å². The van der Waals surface area contributed by atoms with E-state index in [1.807, 2.05) is 6.92 Å². The summed E-state index contributed by atoms with van der Waals surface area (Å²) in [5.74, 6) is -0.854. The van der Waals surface area contributed by atoms with E-state index >= 15 is 0 Å². The fourth-order valence-corrected chi connectivity index (χ4v) is 3.18. The lowest BCUT2D eigenvalue weighted by Gasteiger charge is -2.34. The number of piperidine rings is 1. The molecule has 1 aromatic carbocycles. The number of benzene rings is 1. The molecule has 1 fully saturated rings. The van der Waals surface area contributed by atoms with Crippen molar-refractivity contribution >= 4 is 0 Å². The van der Waals surface area contributed by atoms with Gasteiger partial charge in [-0.2, -0.15) is 0 Å². The molecule has 118 valence electrons. The average molecular weight is 296 g/mol. The maximum absolute atomic E-state index is 14.0. The fraction of sp³-hybridized carbons (Fsp3) is 0.647. The minimum atomic E-state index is -0.755. The number of nitrogens with one attached hydrogen (secondary N) is 1. The molecule has 0 radical (unpaired) electrons. The van der Waals surface area contributed by atoms with Crippen molar-refractivity contribution in [3.63, 3.8) is 0 Å². The van der Waals surface area contributed by atoms with Crippen LogP contribution in [0.5, 0.6) is 0 Å². The van der Waals surface area contributed by atoms with Crippen LogP contribution in [0.3, 0.4) is 0 Å². The Bertz CT molecular complexity index is 444. The van der Waals surface area contributed by atoms with Crippen LogP contribution >= 0.6 is 0 Å². The van der Waals surface area contributed by atoms with Crippen LogP contribution in [0.2, 0.25) is 0 Å². The van der Waals surface area contributed by atoms with Crippen molar-refractivity contribution in [3.05, 3.63) is 35.4 Å². The Morgan fingerprint density at radius 2 is 2.19 bits per heavy atom. The van der Waals surface area contributed by atoms with Crippen LogP contribution in [0.4, 0.5) is 8.78 Å². The highest BCUT2D eigenvalue weighted by molar-refractivity contribution is 5.22. The molecule has 1 aliphatic heterocycles. The molecule has 1 heterocycles. The molecule has 1 aromatic rings. The third kappa shape index (κ3) is 4.24. The minimum absolute atomic E-state index is 0.0948. The van der Waals surface area contributed by atoms with Crippen molar-refractivity contribution in [3.8, 4) is 0 Å². The van der Waals surface area contributed by atoms with Crippen molar-refractivity contribution in [2.75, 3.05) is 26.2 Å². The molecule has 2 rings (SSSR count). The van der Waals surface area contributed by atoms with Crippen LogP contribution < -0.4 is 5.32 Å². The lowest BCUT2D eigenvalue weighted by molar-refractivity contribution is 0.160. The molecular formula is C17H26F2N2. The molecule has 0 bridgehead atoms. The van der Waals surface area contributed by atoms with Crippen LogP contribution in [0.1, 0.15) is 44.7 Å². The molecule has 2 atom stereocenters. The summed E-state index contributed by atoms with van der Waals surface area (Å²) in [5.41, 5.74) is 0.465. The zero-order valence-corrected chi connectivity index (χ0v) is 13.0. The van der Waals surface area contributed by atoms with Gasteiger partial charge in [-0.3, -0.25) is 4.90 Å². The van der Waals surface area contributed by atoms with Crippen LogP contribution in [-0.4, -0.2) is 31.1 Å². The summed E-state index contributed by atoms with van der Waals surface area (Å²) in [6, 6.07) is 4.38. The molecule has 0 aromatic heterocycles. The van der Waals surface area contributed by atoms with E-state index in [4.69, 9.17) is 0 Å². The zero-order chi connectivity index (χ0) is 15.2. The smallest absolute Gasteiger partial charge is 0.163 e. The molecular weight excluding hydrogens is 270 g/mol. The minimum Gasteiger partial charge on any atom is -0.316 e. The second-order valence-corrected chi connectivity index (χ2v) is 6.03. The van der Waals surface area contributed by atoms with Gasteiger partial charge in [0.05, 0.1) is 0 Å².